The van der Waals surface area contributed by atoms with Crippen LogP contribution >= 0.6 is 15.9 Å². The number of alkyl halides is 1. The first-order valence-corrected chi connectivity index (χ1v) is 6.93. The molecule has 0 radical (unpaired) electrons. The number of amides is 2. The molecule has 1 heterocycles. The Morgan fingerprint density at radius 1 is 1.35 bits per heavy atom. The topological polar surface area (TPSA) is 86.7 Å². The summed E-state index contributed by atoms with van der Waals surface area (Å²) in [7, 11) is 0. The summed E-state index contributed by atoms with van der Waals surface area (Å²) >= 11 is 3.41. The van der Waals surface area contributed by atoms with Crippen molar-refractivity contribution in [2.45, 2.75) is 11.2 Å². The van der Waals surface area contributed by atoms with Gasteiger partial charge in [-0.05, 0) is 24.3 Å². The van der Waals surface area contributed by atoms with E-state index in [0.717, 1.165) is 5.69 Å². The van der Waals surface area contributed by atoms with E-state index in [4.69, 9.17) is 5.11 Å². The van der Waals surface area contributed by atoms with Gasteiger partial charge in [-0.2, -0.15) is 0 Å². The first-order valence-electron chi connectivity index (χ1n) is 6.02. The summed E-state index contributed by atoms with van der Waals surface area (Å²) in [5, 5.41) is 10.8. The van der Waals surface area contributed by atoms with Crippen LogP contribution in [0.4, 0.5) is 5.69 Å². The lowest BCUT2D eigenvalue weighted by molar-refractivity contribution is -0.135. The third-order valence-corrected chi connectivity index (χ3v) is 3.53. The molecule has 20 heavy (non-hydrogen) atoms. The van der Waals surface area contributed by atoms with Crippen molar-refractivity contribution in [3.05, 3.63) is 29.8 Å². The Morgan fingerprint density at radius 2 is 2.00 bits per heavy atom. The smallest absolute Gasteiger partial charge is 0.322 e. The highest BCUT2D eigenvalue weighted by atomic mass is 79.9. The number of carbonyl (C=O) groups excluding carboxylic acids is 2. The zero-order chi connectivity index (χ0) is 14.7. The maximum Gasteiger partial charge on any atom is 0.322 e. The number of aliphatic carboxylic acids is 1. The van der Waals surface area contributed by atoms with Crippen LogP contribution in [0, 0.1) is 0 Å². The second-order valence-corrected chi connectivity index (χ2v) is 5.72. The summed E-state index contributed by atoms with van der Waals surface area (Å²) in [5.74, 6) is -1.51. The van der Waals surface area contributed by atoms with Crippen LogP contribution in [0.25, 0.3) is 0 Å². The fourth-order valence-electron chi connectivity index (χ4n) is 1.96. The number of carboxylic acid groups (broad SMARTS) is 1. The summed E-state index contributed by atoms with van der Waals surface area (Å²) in [6.45, 7) is 0.180. The van der Waals surface area contributed by atoms with Gasteiger partial charge in [-0.25, -0.2) is 0 Å². The number of rotatable bonds is 4. The average molecular weight is 341 g/mol. The number of carbonyl (C=O) groups is 3. The molecule has 2 rings (SSSR count). The van der Waals surface area contributed by atoms with Crippen LogP contribution in [0.15, 0.2) is 24.3 Å². The Kier molecular flexibility index (Phi) is 4.39. The van der Waals surface area contributed by atoms with Crippen molar-refractivity contribution in [2.75, 3.05) is 18.0 Å². The van der Waals surface area contributed by atoms with Crippen LogP contribution in [0.5, 0.6) is 0 Å². The first kappa shape index (κ1) is 14.5. The molecule has 0 aromatic heterocycles. The highest BCUT2D eigenvalue weighted by molar-refractivity contribution is 9.09. The fraction of sp³-hybridized carbons (Fsp3) is 0.308. The van der Waals surface area contributed by atoms with Gasteiger partial charge in [0.05, 0.1) is 0 Å². The second kappa shape index (κ2) is 6.04. The summed E-state index contributed by atoms with van der Waals surface area (Å²) < 4.78 is 0. The number of hydrogen-bond donors (Lipinski definition) is 2. The molecule has 0 aliphatic carbocycles. The van der Waals surface area contributed by atoms with Gasteiger partial charge in [-0.3, -0.25) is 14.4 Å². The zero-order valence-electron chi connectivity index (χ0n) is 10.5. The van der Waals surface area contributed by atoms with E-state index in [9.17, 15) is 14.4 Å². The maximum atomic E-state index is 11.7. The third kappa shape index (κ3) is 3.36. The molecule has 106 valence electrons. The van der Waals surface area contributed by atoms with Crippen LogP contribution in [0.1, 0.15) is 16.8 Å². The highest BCUT2D eigenvalue weighted by Gasteiger charge is 2.28. The van der Waals surface area contributed by atoms with Crippen LogP contribution in [0.2, 0.25) is 0 Å². The van der Waals surface area contributed by atoms with Gasteiger partial charge in [0.2, 0.25) is 5.91 Å². The molecule has 1 aliphatic heterocycles. The van der Waals surface area contributed by atoms with Gasteiger partial charge in [0.1, 0.15) is 6.54 Å². The maximum absolute atomic E-state index is 11.7. The van der Waals surface area contributed by atoms with Gasteiger partial charge in [0.25, 0.3) is 5.91 Å². The SMILES string of the molecule is O=C(O)CNC(=O)c1ccc(N2CC(Br)CC2=O)cc1. The van der Waals surface area contributed by atoms with Crippen LogP contribution in [-0.2, 0) is 9.59 Å². The van der Waals surface area contributed by atoms with E-state index in [1.54, 1.807) is 29.2 Å². The van der Waals surface area contributed by atoms with Crippen molar-refractivity contribution < 1.29 is 19.5 Å². The highest BCUT2D eigenvalue weighted by Crippen LogP contribution is 2.25. The lowest BCUT2D eigenvalue weighted by Crippen LogP contribution is -2.29. The summed E-state index contributed by atoms with van der Waals surface area (Å²) in [4.78, 5) is 35.5. The van der Waals surface area contributed by atoms with Crippen LogP contribution in [-0.4, -0.2) is 40.8 Å². The van der Waals surface area contributed by atoms with E-state index in [1.807, 2.05) is 0 Å². The Labute approximate surface area is 123 Å². The molecule has 1 fully saturated rings. The predicted octanol–water partition coefficient (Wildman–Crippen LogP) is 1.00. The standard InChI is InChI=1S/C13H13BrN2O4/c14-9-5-11(17)16(7-9)10-3-1-8(2-4-10)13(20)15-6-12(18)19/h1-4,9H,5-7H2,(H,15,20)(H,18,19). The summed E-state index contributed by atoms with van der Waals surface area (Å²) in [5.41, 5.74) is 1.09. The Balaban J connectivity index is 2.05. The Morgan fingerprint density at radius 3 is 2.50 bits per heavy atom. The second-order valence-electron chi connectivity index (χ2n) is 4.43. The quantitative estimate of drug-likeness (QED) is 0.800. The van der Waals surface area contributed by atoms with Gasteiger partial charge < -0.3 is 15.3 Å². The normalized spacial score (nSPS) is 18.1. The van der Waals surface area contributed by atoms with Gasteiger partial charge in [-0.1, -0.05) is 15.9 Å². The molecular weight excluding hydrogens is 328 g/mol. The number of nitrogens with zero attached hydrogens (tertiary/aromatic N) is 1. The van der Waals surface area contributed by atoms with E-state index < -0.39 is 18.4 Å². The molecule has 0 spiro atoms. The number of nitrogens with one attached hydrogen (secondary N) is 1. The van der Waals surface area contributed by atoms with E-state index in [-0.39, 0.29) is 10.7 Å². The van der Waals surface area contributed by atoms with Gasteiger partial charge in [0.15, 0.2) is 0 Å². The number of anilines is 1. The van der Waals surface area contributed by atoms with E-state index in [1.165, 1.54) is 0 Å². The minimum Gasteiger partial charge on any atom is -0.480 e. The Bertz CT molecular complexity index is 544. The molecule has 2 amide bonds. The number of carboxylic acids is 1. The minimum absolute atomic E-state index is 0.0370. The van der Waals surface area contributed by atoms with E-state index in [2.05, 4.69) is 21.2 Å². The van der Waals surface area contributed by atoms with Crippen molar-refractivity contribution in [3.63, 3.8) is 0 Å². The number of benzene rings is 1. The van der Waals surface area contributed by atoms with Crippen molar-refractivity contribution >= 4 is 39.4 Å². The minimum atomic E-state index is -1.10. The third-order valence-electron chi connectivity index (χ3n) is 2.92. The van der Waals surface area contributed by atoms with Crippen molar-refractivity contribution in [1.82, 2.24) is 5.32 Å². The molecule has 1 aliphatic rings. The van der Waals surface area contributed by atoms with E-state index in [0.29, 0.717) is 18.5 Å². The first-order chi connectivity index (χ1) is 9.47. The summed E-state index contributed by atoms with van der Waals surface area (Å²) in [6, 6.07) is 6.50. The lowest BCUT2D eigenvalue weighted by atomic mass is 10.2. The molecule has 1 saturated heterocycles. The molecule has 2 N–H and O–H groups in total. The van der Waals surface area contributed by atoms with Crippen molar-refractivity contribution in [2.24, 2.45) is 0 Å². The largest absolute Gasteiger partial charge is 0.480 e. The molecule has 6 nitrogen and oxygen atoms in total. The van der Waals surface area contributed by atoms with Gasteiger partial charge >= 0.3 is 5.97 Å². The fourth-order valence-corrected chi connectivity index (χ4v) is 2.53. The molecule has 0 saturated carbocycles. The summed E-state index contributed by atoms with van der Waals surface area (Å²) in [6.07, 6.45) is 0.459. The van der Waals surface area contributed by atoms with Crippen LogP contribution < -0.4 is 10.2 Å². The Hall–Kier alpha value is -1.89. The average Bonchev–Trinajstić information content (AvgIpc) is 2.75. The van der Waals surface area contributed by atoms with Crippen molar-refractivity contribution in [3.8, 4) is 0 Å². The van der Waals surface area contributed by atoms with E-state index >= 15 is 0 Å². The van der Waals surface area contributed by atoms with Crippen molar-refractivity contribution in [1.29, 1.82) is 0 Å². The molecule has 1 aromatic carbocycles. The molecular formula is C13H13BrN2O4. The van der Waals surface area contributed by atoms with Gasteiger partial charge in [0, 0.05) is 29.0 Å². The predicted molar refractivity (Wildman–Crippen MR) is 76.1 cm³/mol. The number of halogens is 1. The molecule has 1 atom stereocenters. The molecule has 1 aromatic rings. The molecule has 7 heteroatoms. The molecule has 0 bridgehead atoms. The van der Waals surface area contributed by atoms with Gasteiger partial charge in [-0.15, -0.1) is 0 Å². The monoisotopic (exact) mass is 340 g/mol. The lowest BCUT2D eigenvalue weighted by Gasteiger charge is -2.16. The molecule has 1 unspecified atom stereocenters. The zero-order valence-corrected chi connectivity index (χ0v) is 12.1. The number of hydrogen-bond acceptors (Lipinski definition) is 3. The van der Waals surface area contributed by atoms with Crippen LogP contribution in [0.3, 0.4) is 0 Å².